The third-order valence-corrected chi connectivity index (χ3v) is 3.22. The first-order valence-electron chi connectivity index (χ1n) is 7.31. The number of primary amides is 1. The van der Waals surface area contributed by atoms with Crippen LogP contribution in [0, 0.1) is 0 Å². The number of urea groups is 1. The minimum atomic E-state index is -0.695. The lowest BCUT2D eigenvalue weighted by atomic mass is 9.87. The van der Waals surface area contributed by atoms with E-state index < -0.39 is 6.03 Å². The van der Waals surface area contributed by atoms with Gasteiger partial charge in [-0.2, -0.15) is 5.10 Å². The Bertz CT molecular complexity index is 684. The molecule has 0 saturated heterocycles. The van der Waals surface area contributed by atoms with Crippen LogP contribution in [-0.4, -0.2) is 12.2 Å². The van der Waals surface area contributed by atoms with Crippen LogP contribution >= 0.6 is 0 Å². The van der Waals surface area contributed by atoms with Gasteiger partial charge in [0.25, 0.3) is 0 Å². The molecule has 0 radical (unpaired) electrons. The van der Waals surface area contributed by atoms with Crippen LogP contribution in [0.15, 0.2) is 53.6 Å². The highest BCUT2D eigenvalue weighted by atomic mass is 16.5. The maximum atomic E-state index is 10.5. The number of rotatable bonds is 4. The van der Waals surface area contributed by atoms with E-state index in [9.17, 15) is 4.79 Å². The molecule has 0 aromatic heterocycles. The first kappa shape index (κ1) is 16.5. The van der Waals surface area contributed by atoms with E-state index in [1.54, 1.807) is 0 Å². The van der Waals surface area contributed by atoms with Gasteiger partial charge in [-0.3, -0.25) is 0 Å². The largest absolute Gasteiger partial charge is 0.457 e. The average molecular weight is 311 g/mol. The van der Waals surface area contributed by atoms with E-state index in [1.807, 2.05) is 36.4 Å². The Morgan fingerprint density at radius 1 is 1.04 bits per heavy atom. The summed E-state index contributed by atoms with van der Waals surface area (Å²) in [4.78, 5) is 10.5. The third kappa shape index (κ3) is 5.14. The van der Waals surface area contributed by atoms with Crippen LogP contribution in [0.3, 0.4) is 0 Å². The van der Waals surface area contributed by atoms with Gasteiger partial charge in [-0.25, -0.2) is 10.2 Å². The van der Waals surface area contributed by atoms with Crippen LogP contribution in [0.25, 0.3) is 0 Å². The minimum absolute atomic E-state index is 0.123. The van der Waals surface area contributed by atoms with Gasteiger partial charge in [0.2, 0.25) is 0 Å². The maximum Gasteiger partial charge on any atom is 0.332 e. The molecule has 0 aliphatic rings. The molecule has 2 aromatic rings. The second-order valence-corrected chi connectivity index (χ2v) is 6.18. The quantitative estimate of drug-likeness (QED) is 0.666. The second-order valence-electron chi connectivity index (χ2n) is 6.18. The Morgan fingerprint density at radius 2 is 1.57 bits per heavy atom. The molecule has 5 nitrogen and oxygen atoms in total. The van der Waals surface area contributed by atoms with Gasteiger partial charge < -0.3 is 10.5 Å². The second kappa shape index (κ2) is 6.96. The summed E-state index contributed by atoms with van der Waals surface area (Å²) in [5, 5.41) is 3.70. The van der Waals surface area contributed by atoms with Crippen molar-refractivity contribution >= 4 is 12.2 Å². The van der Waals surface area contributed by atoms with Gasteiger partial charge in [0.1, 0.15) is 11.5 Å². The van der Waals surface area contributed by atoms with Crippen LogP contribution in [-0.2, 0) is 5.41 Å². The van der Waals surface area contributed by atoms with E-state index in [0.717, 1.165) is 17.1 Å². The van der Waals surface area contributed by atoms with Crippen molar-refractivity contribution < 1.29 is 9.53 Å². The molecule has 0 fully saturated rings. The summed E-state index contributed by atoms with van der Waals surface area (Å²) in [7, 11) is 0. The van der Waals surface area contributed by atoms with Crippen LogP contribution in [0.2, 0.25) is 0 Å². The van der Waals surface area contributed by atoms with Crippen LogP contribution in [0.5, 0.6) is 11.5 Å². The van der Waals surface area contributed by atoms with Gasteiger partial charge >= 0.3 is 6.03 Å². The molecule has 0 aliphatic heterocycles. The monoisotopic (exact) mass is 311 g/mol. The van der Waals surface area contributed by atoms with Crippen molar-refractivity contribution in [3.8, 4) is 11.5 Å². The molecular formula is C18H21N3O2. The summed E-state index contributed by atoms with van der Waals surface area (Å²) >= 11 is 0. The number of carbonyl (C=O) groups is 1. The Balaban J connectivity index is 2.00. The van der Waals surface area contributed by atoms with Crippen LogP contribution in [0.4, 0.5) is 4.79 Å². The van der Waals surface area contributed by atoms with E-state index in [0.29, 0.717) is 0 Å². The molecule has 0 bridgehead atoms. The van der Waals surface area contributed by atoms with Crippen molar-refractivity contribution in [1.29, 1.82) is 0 Å². The Kier molecular flexibility index (Phi) is 5.01. The normalized spacial score (nSPS) is 11.4. The van der Waals surface area contributed by atoms with Gasteiger partial charge in [-0.15, -0.1) is 0 Å². The highest BCUT2D eigenvalue weighted by Gasteiger charge is 2.13. The third-order valence-electron chi connectivity index (χ3n) is 3.22. The van der Waals surface area contributed by atoms with Crippen molar-refractivity contribution in [1.82, 2.24) is 5.43 Å². The predicted molar refractivity (Wildman–Crippen MR) is 92.0 cm³/mol. The van der Waals surface area contributed by atoms with Crippen LogP contribution < -0.4 is 15.9 Å². The number of nitrogens with one attached hydrogen (secondary N) is 1. The SMILES string of the molecule is CC(C)(C)c1ccc(Oc2ccc(C=NNC(N)=O)cc2)cc1. The lowest BCUT2D eigenvalue weighted by Gasteiger charge is -2.19. The van der Waals surface area contributed by atoms with E-state index in [-0.39, 0.29) is 5.41 Å². The van der Waals surface area contributed by atoms with Gasteiger partial charge in [0.05, 0.1) is 6.21 Å². The molecule has 23 heavy (non-hydrogen) atoms. The van der Waals surface area contributed by atoms with Gasteiger partial charge in [0.15, 0.2) is 0 Å². The molecule has 0 aliphatic carbocycles. The Hall–Kier alpha value is -2.82. The summed E-state index contributed by atoms with van der Waals surface area (Å²) in [6, 6.07) is 14.7. The molecule has 0 spiro atoms. The van der Waals surface area contributed by atoms with Crippen molar-refractivity contribution in [3.05, 3.63) is 59.7 Å². The lowest BCUT2D eigenvalue weighted by Crippen LogP contribution is -2.24. The summed E-state index contributed by atoms with van der Waals surface area (Å²) in [5.41, 5.74) is 9.28. The zero-order valence-corrected chi connectivity index (χ0v) is 13.5. The highest BCUT2D eigenvalue weighted by molar-refractivity contribution is 5.81. The van der Waals surface area contributed by atoms with E-state index >= 15 is 0 Å². The van der Waals surface area contributed by atoms with Crippen molar-refractivity contribution in [2.24, 2.45) is 10.8 Å². The molecule has 3 N–H and O–H groups in total. The number of carbonyl (C=O) groups excluding carboxylic acids is 1. The zero-order chi connectivity index (χ0) is 16.9. The summed E-state index contributed by atoms with van der Waals surface area (Å²) in [6.45, 7) is 6.53. The van der Waals surface area contributed by atoms with E-state index in [4.69, 9.17) is 10.5 Å². The molecule has 0 saturated carbocycles. The number of amides is 2. The van der Waals surface area contributed by atoms with E-state index in [1.165, 1.54) is 11.8 Å². The van der Waals surface area contributed by atoms with Gasteiger partial charge in [-0.1, -0.05) is 32.9 Å². The zero-order valence-electron chi connectivity index (χ0n) is 13.5. The predicted octanol–water partition coefficient (Wildman–Crippen LogP) is 3.78. The number of nitrogens with zero attached hydrogens (tertiary/aromatic N) is 1. The van der Waals surface area contributed by atoms with Gasteiger partial charge in [0, 0.05) is 0 Å². The van der Waals surface area contributed by atoms with Crippen LogP contribution in [0.1, 0.15) is 31.9 Å². The average Bonchev–Trinajstić information content (AvgIpc) is 2.48. The number of benzene rings is 2. The molecule has 2 amide bonds. The molecular weight excluding hydrogens is 290 g/mol. The standard InChI is InChI=1S/C18H21N3O2/c1-18(2,3)14-6-10-16(11-7-14)23-15-8-4-13(5-9-15)12-20-21-17(19)22/h4-12H,1-3H3,(H3,19,21,22). The van der Waals surface area contributed by atoms with Crippen molar-refractivity contribution in [2.75, 3.05) is 0 Å². The number of nitrogens with two attached hydrogens (primary N) is 1. The smallest absolute Gasteiger partial charge is 0.332 e. The number of hydrogen-bond donors (Lipinski definition) is 2. The highest BCUT2D eigenvalue weighted by Crippen LogP contribution is 2.26. The molecule has 120 valence electrons. The first-order valence-corrected chi connectivity index (χ1v) is 7.31. The Morgan fingerprint density at radius 3 is 2.04 bits per heavy atom. The summed E-state index contributed by atoms with van der Waals surface area (Å²) < 4.78 is 5.81. The van der Waals surface area contributed by atoms with Crippen molar-refractivity contribution in [3.63, 3.8) is 0 Å². The number of hydrogen-bond acceptors (Lipinski definition) is 3. The molecule has 0 unspecified atom stereocenters. The molecule has 5 heteroatoms. The number of ether oxygens (including phenoxy) is 1. The fourth-order valence-electron chi connectivity index (χ4n) is 1.95. The van der Waals surface area contributed by atoms with E-state index in [2.05, 4.69) is 43.4 Å². The molecule has 0 heterocycles. The fraction of sp³-hybridized carbons (Fsp3) is 0.222. The molecule has 2 aromatic carbocycles. The maximum absolute atomic E-state index is 10.5. The summed E-state index contributed by atoms with van der Waals surface area (Å²) in [6.07, 6.45) is 1.51. The topological polar surface area (TPSA) is 76.7 Å². The first-order chi connectivity index (χ1) is 10.8. The Labute approximate surface area is 136 Å². The minimum Gasteiger partial charge on any atom is -0.457 e. The fourth-order valence-corrected chi connectivity index (χ4v) is 1.95. The number of hydrazone groups is 1. The molecule has 2 rings (SSSR count). The summed E-state index contributed by atoms with van der Waals surface area (Å²) in [5.74, 6) is 1.52. The molecule has 0 atom stereocenters. The lowest BCUT2D eigenvalue weighted by molar-refractivity contribution is 0.249. The van der Waals surface area contributed by atoms with Gasteiger partial charge in [-0.05, 0) is 52.9 Å². The van der Waals surface area contributed by atoms with Crippen molar-refractivity contribution in [2.45, 2.75) is 26.2 Å².